The van der Waals surface area contributed by atoms with Gasteiger partial charge in [0.2, 0.25) is 0 Å². The number of hydrogen-bond acceptors (Lipinski definition) is 2. The molecule has 14 heavy (non-hydrogen) atoms. The fourth-order valence-electron chi connectivity index (χ4n) is 1.58. The molecule has 0 aromatic heterocycles. The standard InChI is InChI=1S/C10H20N2O2/c1-8(2)12-9(13)11-7-10(14-3)5-4-6-10/h8H,4-7H2,1-3H3,(H2,11,12,13). The van der Waals surface area contributed by atoms with Crippen LogP contribution in [0.5, 0.6) is 0 Å². The molecule has 4 heteroatoms. The highest BCUT2D eigenvalue weighted by atomic mass is 16.5. The average molecular weight is 200 g/mol. The Morgan fingerprint density at radius 1 is 1.50 bits per heavy atom. The normalized spacial score (nSPS) is 18.9. The van der Waals surface area contributed by atoms with Gasteiger partial charge in [-0.25, -0.2) is 4.79 Å². The number of hydrogen-bond donors (Lipinski definition) is 2. The van der Waals surface area contributed by atoms with Gasteiger partial charge in [0.1, 0.15) is 0 Å². The van der Waals surface area contributed by atoms with Crippen LogP contribution in [-0.2, 0) is 4.74 Å². The highest BCUT2D eigenvalue weighted by molar-refractivity contribution is 5.74. The van der Waals surface area contributed by atoms with E-state index >= 15 is 0 Å². The first-order chi connectivity index (χ1) is 6.58. The van der Waals surface area contributed by atoms with E-state index in [9.17, 15) is 4.79 Å². The molecule has 0 atom stereocenters. The minimum absolute atomic E-state index is 0.0890. The molecule has 0 aromatic carbocycles. The summed E-state index contributed by atoms with van der Waals surface area (Å²) in [4.78, 5) is 11.3. The van der Waals surface area contributed by atoms with Crippen molar-refractivity contribution < 1.29 is 9.53 Å². The molecule has 0 unspecified atom stereocenters. The van der Waals surface area contributed by atoms with E-state index in [1.807, 2.05) is 13.8 Å². The summed E-state index contributed by atoms with van der Waals surface area (Å²) >= 11 is 0. The van der Waals surface area contributed by atoms with Gasteiger partial charge in [-0.1, -0.05) is 0 Å². The molecule has 0 radical (unpaired) electrons. The zero-order valence-electron chi connectivity index (χ0n) is 9.22. The average Bonchev–Trinajstić information content (AvgIpc) is 2.01. The van der Waals surface area contributed by atoms with Crippen LogP contribution in [0.3, 0.4) is 0 Å². The van der Waals surface area contributed by atoms with Crippen LogP contribution in [-0.4, -0.2) is 31.3 Å². The number of carbonyl (C=O) groups is 1. The number of nitrogens with one attached hydrogen (secondary N) is 2. The van der Waals surface area contributed by atoms with Crippen LogP contribution in [0.4, 0.5) is 4.79 Å². The van der Waals surface area contributed by atoms with E-state index in [1.54, 1.807) is 7.11 Å². The molecule has 1 fully saturated rings. The summed E-state index contributed by atoms with van der Waals surface area (Å²) in [5.41, 5.74) is -0.0890. The molecule has 0 aliphatic heterocycles. The van der Waals surface area contributed by atoms with Gasteiger partial charge < -0.3 is 15.4 Å². The summed E-state index contributed by atoms with van der Waals surface area (Å²) < 4.78 is 5.39. The lowest BCUT2D eigenvalue weighted by atomic mass is 9.80. The van der Waals surface area contributed by atoms with Gasteiger partial charge in [0.15, 0.2) is 0 Å². The molecule has 1 rings (SSSR count). The second kappa shape index (κ2) is 4.64. The third kappa shape index (κ3) is 2.87. The largest absolute Gasteiger partial charge is 0.376 e. The molecule has 0 heterocycles. The van der Waals surface area contributed by atoms with Gasteiger partial charge in [0.25, 0.3) is 0 Å². The Balaban J connectivity index is 2.22. The Morgan fingerprint density at radius 2 is 2.14 bits per heavy atom. The van der Waals surface area contributed by atoms with Crippen molar-refractivity contribution >= 4 is 6.03 Å². The second-order valence-corrected chi connectivity index (χ2v) is 4.22. The topological polar surface area (TPSA) is 50.4 Å². The third-order valence-electron chi connectivity index (χ3n) is 2.69. The SMILES string of the molecule is COC1(CNC(=O)NC(C)C)CCC1. The fraction of sp³-hybridized carbons (Fsp3) is 0.900. The van der Waals surface area contributed by atoms with Crippen LogP contribution >= 0.6 is 0 Å². The smallest absolute Gasteiger partial charge is 0.315 e. The summed E-state index contributed by atoms with van der Waals surface area (Å²) in [6, 6.07) is 0.0678. The van der Waals surface area contributed by atoms with Gasteiger partial charge in [0.05, 0.1) is 5.60 Å². The van der Waals surface area contributed by atoms with Crippen molar-refractivity contribution in [3.63, 3.8) is 0 Å². The molecule has 2 amide bonds. The van der Waals surface area contributed by atoms with Crippen molar-refractivity contribution in [3.05, 3.63) is 0 Å². The molecular formula is C10H20N2O2. The Bertz CT molecular complexity index is 195. The lowest BCUT2D eigenvalue weighted by Crippen LogP contribution is -2.52. The van der Waals surface area contributed by atoms with Crippen LogP contribution in [0.2, 0.25) is 0 Å². The van der Waals surface area contributed by atoms with Crippen molar-refractivity contribution in [3.8, 4) is 0 Å². The fourth-order valence-corrected chi connectivity index (χ4v) is 1.58. The predicted molar refractivity (Wildman–Crippen MR) is 55.3 cm³/mol. The number of ether oxygens (including phenoxy) is 1. The van der Waals surface area contributed by atoms with E-state index in [2.05, 4.69) is 10.6 Å². The quantitative estimate of drug-likeness (QED) is 0.718. The minimum atomic E-state index is -0.108. The van der Waals surface area contributed by atoms with Crippen LogP contribution in [0, 0.1) is 0 Å². The minimum Gasteiger partial charge on any atom is -0.376 e. The maximum Gasteiger partial charge on any atom is 0.315 e. The van der Waals surface area contributed by atoms with Crippen LogP contribution in [0.1, 0.15) is 33.1 Å². The molecule has 1 saturated carbocycles. The lowest BCUT2D eigenvalue weighted by Gasteiger charge is -2.40. The van der Waals surface area contributed by atoms with E-state index in [-0.39, 0.29) is 17.7 Å². The third-order valence-corrected chi connectivity index (χ3v) is 2.69. The molecule has 1 aliphatic rings. The highest BCUT2D eigenvalue weighted by Crippen LogP contribution is 2.34. The van der Waals surface area contributed by atoms with E-state index in [4.69, 9.17) is 4.74 Å². The maximum atomic E-state index is 11.3. The number of urea groups is 1. The predicted octanol–water partition coefficient (Wildman–Crippen LogP) is 1.26. The summed E-state index contributed by atoms with van der Waals surface area (Å²) in [5, 5.41) is 5.61. The van der Waals surface area contributed by atoms with Crippen LogP contribution in [0.15, 0.2) is 0 Å². The molecule has 0 aromatic rings. The molecule has 2 N–H and O–H groups in total. The molecular weight excluding hydrogens is 180 g/mol. The van der Waals surface area contributed by atoms with Crippen LogP contribution in [0.25, 0.3) is 0 Å². The number of amides is 2. The van der Waals surface area contributed by atoms with Crippen molar-refractivity contribution in [2.75, 3.05) is 13.7 Å². The Hall–Kier alpha value is -0.770. The van der Waals surface area contributed by atoms with Crippen molar-refractivity contribution in [1.82, 2.24) is 10.6 Å². The monoisotopic (exact) mass is 200 g/mol. The summed E-state index contributed by atoms with van der Waals surface area (Å²) in [7, 11) is 1.71. The van der Waals surface area contributed by atoms with Gasteiger partial charge in [-0.05, 0) is 33.1 Å². The van der Waals surface area contributed by atoms with Crippen molar-refractivity contribution in [2.45, 2.75) is 44.8 Å². The number of rotatable bonds is 4. The molecule has 82 valence electrons. The van der Waals surface area contributed by atoms with E-state index in [0.29, 0.717) is 6.54 Å². The van der Waals surface area contributed by atoms with Crippen molar-refractivity contribution in [2.24, 2.45) is 0 Å². The van der Waals surface area contributed by atoms with Gasteiger partial charge >= 0.3 is 6.03 Å². The van der Waals surface area contributed by atoms with Crippen LogP contribution < -0.4 is 10.6 Å². The molecule has 4 nitrogen and oxygen atoms in total. The number of carbonyl (C=O) groups excluding carboxylic acids is 1. The van der Waals surface area contributed by atoms with E-state index < -0.39 is 0 Å². The van der Waals surface area contributed by atoms with E-state index in [1.165, 1.54) is 6.42 Å². The Morgan fingerprint density at radius 3 is 2.50 bits per heavy atom. The summed E-state index contributed by atoms with van der Waals surface area (Å²) in [6.45, 7) is 4.49. The van der Waals surface area contributed by atoms with Gasteiger partial charge in [-0.2, -0.15) is 0 Å². The first-order valence-electron chi connectivity index (χ1n) is 5.17. The van der Waals surface area contributed by atoms with Gasteiger partial charge in [0, 0.05) is 19.7 Å². The molecule has 0 spiro atoms. The molecule has 0 bridgehead atoms. The highest BCUT2D eigenvalue weighted by Gasteiger charge is 2.37. The first-order valence-corrected chi connectivity index (χ1v) is 5.17. The van der Waals surface area contributed by atoms with E-state index in [0.717, 1.165) is 12.8 Å². The summed E-state index contributed by atoms with van der Waals surface area (Å²) in [6.07, 6.45) is 3.29. The number of methoxy groups -OCH3 is 1. The Kier molecular flexibility index (Phi) is 3.75. The molecule has 1 aliphatic carbocycles. The first kappa shape index (κ1) is 11.3. The zero-order chi connectivity index (χ0) is 10.6. The lowest BCUT2D eigenvalue weighted by molar-refractivity contribution is -0.0674. The maximum absolute atomic E-state index is 11.3. The second-order valence-electron chi connectivity index (χ2n) is 4.22. The summed E-state index contributed by atoms with van der Waals surface area (Å²) in [5.74, 6) is 0. The van der Waals surface area contributed by atoms with Gasteiger partial charge in [-0.15, -0.1) is 0 Å². The van der Waals surface area contributed by atoms with Crippen molar-refractivity contribution in [1.29, 1.82) is 0 Å². The van der Waals surface area contributed by atoms with Gasteiger partial charge in [-0.3, -0.25) is 0 Å². The molecule has 0 saturated heterocycles. The Labute approximate surface area is 85.4 Å². The zero-order valence-corrected chi connectivity index (χ0v) is 9.22.